The van der Waals surface area contributed by atoms with Crippen LogP contribution in [-0.2, 0) is 4.79 Å². The Kier molecular flexibility index (Phi) is 5.14. The fraction of sp³-hybridized carbons (Fsp3) is 0.476. The van der Waals surface area contributed by atoms with Crippen LogP contribution in [0.5, 0.6) is 0 Å². The van der Waals surface area contributed by atoms with Crippen LogP contribution in [0.1, 0.15) is 25.3 Å². The van der Waals surface area contributed by atoms with E-state index in [1.54, 1.807) is 11.1 Å². The fourth-order valence-electron chi connectivity index (χ4n) is 4.25. The highest BCUT2D eigenvalue weighted by atomic mass is 19.1. The number of pyridine rings is 1. The predicted octanol–water partition coefficient (Wildman–Crippen LogP) is 2.55. The van der Waals surface area contributed by atoms with Gasteiger partial charge in [0.15, 0.2) is 0 Å². The Morgan fingerprint density at radius 2 is 2.29 bits per heavy atom. The van der Waals surface area contributed by atoms with Crippen molar-refractivity contribution in [3.8, 4) is 6.07 Å². The van der Waals surface area contributed by atoms with Gasteiger partial charge in [-0.05, 0) is 31.5 Å². The number of nitriles is 1. The standard InChI is InChI=1S/C21H24FN5O/c1-14-7-16(22)11-27(14)21(28)13-26-6-5-17(12-26)25-20-4-2-3-19-18(20)8-15(9-23)10-24-19/h2-4,8,10,14,16-17,25H,5-7,11-13H2,1H3/t14-,16+,17+/m1/s1. The van der Waals surface area contributed by atoms with Crippen molar-refractivity contribution in [2.45, 2.75) is 38.0 Å². The zero-order chi connectivity index (χ0) is 19.7. The van der Waals surface area contributed by atoms with E-state index in [-0.39, 0.29) is 24.5 Å². The van der Waals surface area contributed by atoms with Crippen LogP contribution in [0, 0.1) is 11.3 Å². The van der Waals surface area contributed by atoms with Gasteiger partial charge >= 0.3 is 0 Å². The summed E-state index contributed by atoms with van der Waals surface area (Å²) in [4.78, 5) is 20.7. The second kappa shape index (κ2) is 7.72. The summed E-state index contributed by atoms with van der Waals surface area (Å²) in [6.45, 7) is 4.06. The van der Waals surface area contributed by atoms with Crippen molar-refractivity contribution in [3.63, 3.8) is 0 Å². The molecule has 3 atom stereocenters. The van der Waals surface area contributed by atoms with E-state index >= 15 is 0 Å². The van der Waals surface area contributed by atoms with E-state index in [1.807, 2.05) is 31.2 Å². The fourth-order valence-corrected chi connectivity index (χ4v) is 4.25. The lowest BCUT2D eigenvalue weighted by Gasteiger charge is -2.24. The summed E-state index contributed by atoms with van der Waals surface area (Å²) in [6.07, 6.45) is 2.05. The lowest BCUT2D eigenvalue weighted by molar-refractivity contribution is -0.132. The van der Waals surface area contributed by atoms with Crippen molar-refractivity contribution < 1.29 is 9.18 Å². The van der Waals surface area contributed by atoms with Crippen LogP contribution in [0.2, 0.25) is 0 Å². The van der Waals surface area contributed by atoms with Gasteiger partial charge in [-0.1, -0.05) is 6.07 Å². The summed E-state index contributed by atoms with van der Waals surface area (Å²) in [5.74, 6) is 0.0151. The number of alkyl halides is 1. The van der Waals surface area contributed by atoms with E-state index in [0.29, 0.717) is 18.5 Å². The Morgan fingerprint density at radius 1 is 1.43 bits per heavy atom. The Hall–Kier alpha value is -2.72. The number of carbonyl (C=O) groups is 1. The molecule has 1 aromatic carbocycles. The van der Waals surface area contributed by atoms with Gasteiger partial charge in [0, 0.05) is 48.9 Å². The smallest absolute Gasteiger partial charge is 0.237 e. The molecular formula is C21H24FN5O. The maximum Gasteiger partial charge on any atom is 0.237 e. The highest BCUT2D eigenvalue weighted by Gasteiger charge is 2.34. The average Bonchev–Trinajstić information content (AvgIpc) is 3.27. The quantitative estimate of drug-likeness (QED) is 0.881. The minimum Gasteiger partial charge on any atom is -0.380 e. The Labute approximate surface area is 163 Å². The molecule has 4 rings (SSSR count). The molecule has 7 heteroatoms. The van der Waals surface area contributed by atoms with E-state index in [9.17, 15) is 9.18 Å². The molecule has 0 saturated carbocycles. The normalized spacial score (nSPS) is 25.2. The lowest BCUT2D eigenvalue weighted by atomic mass is 10.1. The van der Waals surface area contributed by atoms with Crippen LogP contribution in [0.4, 0.5) is 10.1 Å². The predicted molar refractivity (Wildman–Crippen MR) is 106 cm³/mol. The van der Waals surface area contributed by atoms with Crippen molar-refractivity contribution >= 4 is 22.5 Å². The van der Waals surface area contributed by atoms with Gasteiger partial charge in [0.2, 0.25) is 5.91 Å². The average molecular weight is 381 g/mol. The molecule has 146 valence electrons. The van der Waals surface area contributed by atoms with Gasteiger partial charge in [0.05, 0.1) is 24.2 Å². The number of rotatable bonds is 4. The van der Waals surface area contributed by atoms with Crippen molar-refractivity contribution in [2.24, 2.45) is 0 Å². The van der Waals surface area contributed by atoms with Crippen LogP contribution in [-0.4, -0.2) is 65.1 Å². The number of anilines is 1. The lowest BCUT2D eigenvalue weighted by Crippen LogP contribution is -2.42. The van der Waals surface area contributed by atoms with Crippen molar-refractivity contribution in [3.05, 3.63) is 36.0 Å². The first-order valence-corrected chi connectivity index (χ1v) is 9.75. The third kappa shape index (κ3) is 3.78. The molecule has 0 spiro atoms. The maximum absolute atomic E-state index is 13.5. The largest absolute Gasteiger partial charge is 0.380 e. The molecule has 1 N–H and O–H groups in total. The zero-order valence-corrected chi connectivity index (χ0v) is 15.9. The molecule has 1 amide bonds. The molecule has 0 radical (unpaired) electrons. The SMILES string of the molecule is C[C@@H]1C[C@H](F)CN1C(=O)CN1CC[C@H](Nc2cccc3ncc(C#N)cc23)C1. The number of nitrogens with one attached hydrogen (secondary N) is 1. The molecule has 28 heavy (non-hydrogen) atoms. The first-order valence-electron chi connectivity index (χ1n) is 9.75. The van der Waals surface area contributed by atoms with Gasteiger partial charge in [-0.2, -0.15) is 5.26 Å². The van der Waals surface area contributed by atoms with Crippen LogP contribution < -0.4 is 5.32 Å². The molecule has 6 nitrogen and oxygen atoms in total. The number of likely N-dealkylation sites (tertiary alicyclic amines) is 2. The molecule has 3 heterocycles. The van der Waals surface area contributed by atoms with Crippen molar-refractivity contribution in [2.75, 3.05) is 31.5 Å². The van der Waals surface area contributed by atoms with E-state index in [2.05, 4.69) is 21.3 Å². The van der Waals surface area contributed by atoms with Crippen LogP contribution in [0.3, 0.4) is 0 Å². The van der Waals surface area contributed by atoms with Crippen LogP contribution in [0.25, 0.3) is 10.9 Å². The van der Waals surface area contributed by atoms with Gasteiger partial charge in [-0.25, -0.2) is 4.39 Å². The monoisotopic (exact) mass is 381 g/mol. The Balaban J connectivity index is 1.39. The maximum atomic E-state index is 13.5. The molecular weight excluding hydrogens is 357 g/mol. The number of aromatic nitrogens is 1. The van der Waals surface area contributed by atoms with Gasteiger partial charge in [-0.15, -0.1) is 0 Å². The number of halogens is 1. The van der Waals surface area contributed by atoms with Crippen LogP contribution >= 0.6 is 0 Å². The molecule has 0 aliphatic carbocycles. The Morgan fingerprint density at radius 3 is 3.04 bits per heavy atom. The summed E-state index contributed by atoms with van der Waals surface area (Å²) < 4.78 is 13.5. The number of benzene rings is 1. The number of carbonyl (C=O) groups excluding carboxylic acids is 1. The van der Waals surface area contributed by atoms with Gasteiger partial charge in [0.25, 0.3) is 0 Å². The molecule has 2 saturated heterocycles. The van der Waals surface area contributed by atoms with E-state index in [4.69, 9.17) is 5.26 Å². The molecule has 2 aliphatic rings. The number of hydrogen-bond acceptors (Lipinski definition) is 5. The number of hydrogen-bond donors (Lipinski definition) is 1. The van der Waals surface area contributed by atoms with Crippen LogP contribution in [0.15, 0.2) is 30.5 Å². The summed E-state index contributed by atoms with van der Waals surface area (Å²) in [5.41, 5.74) is 2.33. The van der Waals surface area contributed by atoms with Gasteiger partial charge < -0.3 is 10.2 Å². The van der Waals surface area contributed by atoms with E-state index < -0.39 is 6.17 Å². The van der Waals surface area contributed by atoms with Crippen molar-refractivity contribution in [1.82, 2.24) is 14.8 Å². The number of nitrogens with zero attached hydrogens (tertiary/aromatic N) is 4. The summed E-state index contributed by atoms with van der Waals surface area (Å²) in [7, 11) is 0. The number of fused-ring (bicyclic) bond motifs is 1. The highest BCUT2D eigenvalue weighted by molar-refractivity contribution is 5.92. The minimum absolute atomic E-state index is 0.0151. The van der Waals surface area contributed by atoms with Gasteiger partial charge in [-0.3, -0.25) is 14.7 Å². The first-order chi connectivity index (χ1) is 13.5. The summed E-state index contributed by atoms with van der Waals surface area (Å²) in [5, 5.41) is 13.6. The molecule has 1 aromatic heterocycles. The third-order valence-corrected chi connectivity index (χ3v) is 5.69. The molecule has 0 bridgehead atoms. The number of amides is 1. The molecule has 2 aliphatic heterocycles. The Bertz CT molecular complexity index is 927. The molecule has 2 aromatic rings. The zero-order valence-electron chi connectivity index (χ0n) is 15.9. The second-order valence-corrected chi connectivity index (χ2v) is 7.80. The molecule has 2 fully saturated rings. The first kappa shape index (κ1) is 18.6. The van der Waals surface area contributed by atoms with E-state index in [0.717, 1.165) is 36.1 Å². The highest BCUT2D eigenvalue weighted by Crippen LogP contribution is 2.26. The topological polar surface area (TPSA) is 72.3 Å². The summed E-state index contributed by atoms with van der Waals surface area (Å²) >= 11 is 0. The third-order valence-electron chi connectivity index (χ3n) is 5.69. The summed E-state index contributed by atoms with van der Waals surface area (Å²) in [6, 6.07) is 10.1. The van der Waals surface area contributed by atoms with Crippen molar-refractivity contribution in [1.29, 1.82) is 5.26 Å². The van der Waals surface area contributed by atoms with Gasteiger partial charge in [0.1, 0.15) is 12.2 Å². The van der Waals surface area contributed by atoms with E-state index in [1.165, 1.54) is 0 Å². The second-order valence-electron chi connectivity index (χ2n) is 7.80. The minimum atomic E-state index is -0.898. The molecule has 0 unspecified atom stereocenters.